The monoisotopic (exact) mass is 206 g/mol. The van der Waals surface area contributed by atoms with Crippen LogP contribution in [0.1, 0.15) is 6.92 Å². The molecule has 15 heavy (non-hydrogen) atoms. The Hall–Kier alpha value is -1.69. The van der Waals surface area contributed by atoms with Gasteiger partial charge in [-0.05, 0) is 6.92 Å². The first-order valence-electron chi connectivity index (χ1n) is 4.81. The number of nitrogens with two attached hydrogens (primary N) is 1. The van der Waals surface area contributed by atoms with E-state index in [1.165, 1.54) is 6.33 Å². The molecular weight excluding hydrogens is 192 g/mol. The van der Waals surface area contributed by atoms with Gasteiger partial charge in [0.2, 0.25) is 0 Å². The fraction of sp³-hybridized carbons (Fsp3) is 0.444. The van der Waals surface area contributed by atoms with Crippen LogP contribution >= 0.6 is 0 Å². The highest BCUT2D eigenvalue weighted by Crippen LogP contribution is 2.17. The second-order valence-corrected chi connectivity index (χ2v) is 3.51. The third kappa shape index (κ3) is 1.75. The van der Waals surface area contributed by atoms with Gasteiger partial charge in [0.25, 0.3) is 0 Å². The minimum atomic E-state index is 0.184. The summed E-state index contributed by atoms with van der Waals surface area (Å²) in [6.45, 7) is 2.57. The van der Waals surface area contributed by atoms with E-state index in [1.807, 2.05) is 14.0 Å². The minimum absolute atomic E-state index is 0.184. The van der Waals surface area contributed by atoms with Crippen molar-refractivity contribution in [3.8, 4) is 0 Å². The Morgan fingerprint density at radius 1 is 1.53 bits per heavy atom. The quantitative estimate of drug-likeness (QED) is 0.745. The van der Waals surface area contributed by atoms with Gasteiger partial charge in [-0.1, -0.05) is 0 Å². The topological polar surface area (TPSA) is 81.7 Å². The first-order valence-corrected chi connectivity index (χ1v) is 4.81. The Bertz CT molecular complexity index is 463. The van der Waals surface area contributed by atoms with Crippen molar-refractivity contribution < 1.29 is 0 Å². The zero-order valence-electron chi connectivity index (χ0n) is 8.81. The molecular formula is C9H14N6. The van der Waals surface area contributed by atoms with Crippen molar-refractivity contribution >= 4 is 16.9 Å². The van der Waals surface area contributed by atoms with Crippen LogP contribution in [0, 0.1) is 0 Å². The summed E-state index contributed by atoms with van der Waals surface area (Å²) in [6.07, 6.45) is 3.27. The molecule has 0 aromatic carbocycles. The number of aromatic nitrogens is 4. The first-order chi connectivity index (χ1) is 7.22. The molecule has 0 amide bonds. The number of nitrogens with zero attached hydrogens (tertiary/aromatic N) is 4. The lowest BCUT2D eigenvalue weighted by Gasteiger charge is -2.11. The fourth-order valence-electron chi connectivity index (χ4n) is 1.37. The van der Waals surface area contributed by atoms with Crippen molar-refractivity contribution in [3.63, 3.8) is 0 Å². The summed E-state index contributed by atoms with van der Waals surface area (Å²) < 4.78 is 1.72. The van der Waals surface area contributed by atoms with Crippen LogP contribution < -0.4 is 11.1 Å². The van der Waals surface area contributed by atoms with Crippen LogP contribution in [0.4, 0.5) is 5.82 Å². The molecule has 0 saturated heterocycles. The molecule has 1 atom stereocenters. The molecule has 3 N–H and O–H groups in total. The second kappa shape index (κ2) is 3.82. The van der Waals surface area contributed by atoms with E-state index in [0.717, 1.165) is 16.9 Å². The number of nitrogens with one attached hydrogen (secondary N) is 1. The maximum atomic E-state index is 5.54. The third-order valence-electron chi connectivity index (χ3n) is 2.27. The van der Waals surface area contributed by atoms with Gasteiger partial charge < -0.3 is 11.1 Å². The molecule has 2 rings (SSSR count). The van der Waals surface area contributed by atoms with E-state index in [2.05, 4.69) is 20.4 Å². The van der Waals surface area contributed by atoms with Gasteiger partial charge in [-0.3, -0.25) is 4.68 Å². The van der Waals surface area contributed by atoms with E-state index in [9.17, 15) is 0 Å². The van der Waals surface area contributed by atoms with E-state index in [4.69, 9.17) is 5.73 Å². The molecule has 0 fully saturated rings. The highest BCUT2D eigenvalue weighted by Gasteiger charge is 2.08. The molecule has 0 saturated carbocycles. The highest BCUT2D eigenvalue weighted by molar-refractivity contribution is 5.86. The van der Waals surface area contributed by atoms with Gasteiger partial charge in [-0.25, -0.2) is 9.97 Å². The number of aryl methyl sites for hydroxylation is 1. The number of anilines is 1. The largest absolute Gasteiger partial charge is 0.366 e. The molecule has 0 spiro atoms. The van der Waals surface area contributed by atoms with Crippen LogP contribution in [-0.4, -0.2) is 32.3 Å². The summed E-state index contributed by atoms with van der Waals surface area (Å²) in [7, 11) is 1.85. The van der Waals surface area contributed by atoms with Crippen molar-refractivity contribution in [2.24, 2.45) is 12.8 Å². The predicted octanol–water partition coefficient (Wildman–Crippen LogP) is 0.122. The SMILES string of the molecule is CC(CN)Nc1ncnc2c1cnn2C. The summed E-state index contributed by atoms with van der Waals surface area (Å²) in [5, 5.41) is 8.27. The van der Waals surface area contributed by atoms with E-state index in [1.54, 1.807) is 10.9 Å². The summed E-state index contributed by atoms with van der Waals surface area (Å²) in [5.74, 6) is 0.783. The van der Waals surface area contributed by atoms with Crippen molar-refractivity contribution in [2.45, 2.75) is 13.0 Å². The lowest BCUT2D eigenvalue weighted by Crippen LogP contribution is -2.25. The Balaban J connectivity index is 2.43. The van der Waals surface area contributed by atoms with Crippen LogP contribution in [0.2, 0.25) is 0 Å². The first kappa shape index (κ1) is 9.85. The molecule has 6 heteroatoms. The second-order valence-electron chi connectivity index (χ2n) is 3.51. The molecule has 80 valence electrons. The van der Waals surface area contributed by atoms with Crippen LogP contribution in [0.25, 0.3) is 11.0 Å². The van der Waals surface area contributed by atoms with Gasteiger partial charge in [0.15, 0.2) is 5.65 Å². The Morgan fingerprint density at radius 3 is 3.07 bits per heavy atom. The lowest BCUT2D eigenvalue weighted by molar-refractivity contribution is 0.784. The highest BCUT2D eigenvalue weighted by atomic mass is 15.3. The summed E-state index contributed by atoms with van der Waals surface area (Å²) >= 11 is 0. The van der Waals surface area contributed by atoms with Crippen LogP contribution in [-0.2, 0) is 7.05 Å². The maximum Gasteiger partial charge on any atom is 0.163 e. The van der Waals surface area contributed by atoms with Gasteiger partial charge >= 0.3 is 0 Å². The van der Waals surface area contributed by atoms with Crippen LogP contribution in [0.15, 0.2) is 12.5 Å². The van der Waals surface area contributed by atoms with Crippen molar-refractivity contribution in [3.05, 3.63) is 12.5 Å². The van der Waals surface area contributed by atoms with E-state index in [-0.39, 0.29) is 6.04 Å². The average molecular weight is 206 g/mol. The average Bonchev–Trinajstić information content (AvgIpc) is 2.62. The molecule has 0 bridgehead atoms. The van der Waals surface area contributed by atoms with Crippen molar-refractivity contribution in [1.82, 2.24) is 19.7 Å². The molecule has 0 aliphatic carbocycles. The molecule has 0 aliphatic rings. The normalized spacial score (nSPS) is 13.0. The Kier molecular flexibility index (Phi) is 2.51. The molecule has 2 aromatic rings. The molecule has 1 unspecified atom stereocenters. The van der Waals surface area contributed by atoms with E-state index in [0.29, 0.717) is 6.54 Å². The number of rotatable bonds is 3. The fourth-order valence-corrected chi connectivity index (χ4v) is 1.37. The molecule has 2 aromatic heterocycles. The number of hydrogen-bond donors (Lipinski definition) is 2. The molecule has 2 heterocycles. The standard InChI is InChI=1S/C9H14N6/c1-6(3-10)14-8-7-4-13-15(2)9(7)12-5-11-8/h4-6H,3,10H2,1-2H3,(H,11,12,14). The van der Waals surface area contributed by atoms with E-state index < -0.39 is 0 Å². The Labute approximate surface area is 87.5 Å². The molecule has 0 aliphatic heterocycles. The zero-order valence-corrected chi connectivity index (χ0v) is 8.81. The maximum absolute atomic E-state index is 5.54. The summed E-state index contributed by atoms with van der Waals surface area (Å²) in [4.78, 5) is 8.33. The third-order valence-corrected chi connectivity index (χ3v) is 2.27. The minimum Gasteiger partial charge on any atom is -0.366 e. The van der Waals surface area contributed by atoms with Gasteiger partial charge in [-0.15, -0.1) is 0 Å². The van der Waals surface area contributed by atoms with Gasteiger partial charge in [0.05, 0.1) is 11.6 Å². The van der Waals surface area contributed by atoms with Crippen LogP contribution in [0.3, 0.4) is 0 Å². The number of hydrogen-bond acceptors (Lipinski definition) is 5. The predicted molar refractivity (Wildman–Crippen MR) is 58.4 cm³/mol. The summed E-state index contributed by atoms with van der Waals surface area (Å²) in [6, 6.07) is 0.184. The zero-order chi connectivity index (χ0) is 10.8. The Morgan fingerprint density at radius 2 is 2.33 bits per heavy atom. The van der Waals surface area contributed by atoms with Crippen LogP contribution in [0.5, 0.6) is 0 Å². The van der Waals surface area contributed by atoms with Gasteiger partial charge in [0, 0.05) is 19.6 Å². The number of fused-ring (bicyclic) bond motifs is 1. The van der Waals surface area contributed by atoms with Gasteiger partial charge in [-0.2, -0.15) is 5.10 Å². The van der Waals surface area contributed by atoms with Crippen molar-refractivity contribution in [1.29, 1.82) is 0 Å². The van der Waals surface area contributed by atoms with Gasteiger partial charge in [0.1, 0.15) is 12.1 Å². The molecule has 6 nitrogen and oxygen atoms in total. The molecule has 0 radical (unpaired) electrons. The summed E-state index contributed by atoms with van der Waals surface area (Å²) in [5.41, 5.74) is 6.36. The van der Waals surface area contributed by atoms with E-state index >= 15 is 0 Å². The van der Waals surface area contributed by atoms with Crippen molar-refractivity contribution in [2.75, 3.05) is 11.9 Å². The lowest BCUT2D eigenvalue weighted by atomic mass is 10.3. The smallest absolute Gasteiger partial charge is 0.163 e.